The van der Waals surface area contributed by atoms with Crippen molar-refractivity contribution in [3.63, 3.8) is 0 Å². The number of hydrogen-bond acceptors (Lipinski definition) is 1. The molecular weight excluding hydrogens is 184 g/mol. The van der Waals surface area contributed by atoms with Crippen LogP contribution in [-0.4, -0.2) is 12.0 Å². The lowest BCUT2D eigenvalue weighted by Gasteiger charge is -2.14. The molecule has 1 nitrogen and oxygen atoms in total. The second-order valence-electron chi connectivity index (χ2n) is 3.59. The van der Waals surface area contributed by atoms with Crippen LogP contribution in [0.1, 0.15) is 18.6 Å². The summed E-state index contributed by atoms with van der Waals surface area (Å²) in [7, 11) is 0. The van der Waals surface area contributed by atoms with E-state index in [1.54, 1.807) is 0 Å². The van der Waals surface area contributed by atoms with Crippen LogP contribution in [0.3, 0.4) is 0 Å². The molecule has 0 radical (unpaired) electrons. The summed E-state index contributed by atoms with van der Waals surface area (Å²) in [5.74, 6) is 0.451. The molecule has 1 heterocycles. The number of rotatable bonds is 1. The van der Waals surface area contributed by atoms with E-state index < -0.39 is 0 Å². The molecule has 1 fully saturated rings. The van der Waals surface area contributed by atoms with Gasteiger partial charge in [0.25, 0.3) is 0 Å². The molecule has 0 spiro atoms. The standard InChI is InChI=1S/C11H13ClO/c1-8-7-13-11(10(8)12)9-5-3-2-4-6-9/h2-6,8,10-11H,7H2,1H3. The smallest absolute Gasteiger partial charge is 0.0991 e. The fourth-order valence-electron chi connectivity index (χ4n) is 1.66. The SMILES string of the molecule is CC1COC(c2ccccc2)C1Cl. The van der Waals surface area contributed by atoms with E-state index in [2.05, 4.69) is 19.1 Å². The van der Waals surface area contributed by atoms with Gasteiger partial charge in [0.15, 0.2) is 0 Å². The first-order chi connectivity index (χ1) is 6.29. The molecule has 0 saturated carbocycles. The number of ether oxygens (including phenoxy) is 1. The van der Waals surface area contributed by atoms with Crippen LogP contribution in [0.5, 0.6) is 0 Å². The third kappa shape index (κ3) is 1.72. The summed E-state index contributed by atoms with van der Waals surface area (Å²) in [5, 5.41) is 0.113. The van der Waals surface area contributed by atoms with Gasteiger partial charge in [0.05, 0.1) is 18.1 Å². The third-order valence-corrected chi connectivity index (χ3v) is 3.16. The lowest BCUT2D eigenvalue weighted by molar-refractivity contribution is 0.109. The zero-order valence-corrected chi connectivity index (χ0v) is 8.37. The van der Waals surface area contributed by atoms with Crippen LogP contribution >= 0.6 is 11.6 Å². The second kappa shape index (κ2) is 3.69. The van der Waals surface area contributed by atoms with Gasteiger partial charge in [0.2, 0.25) is 0 Å². The maximum absolute atomic E-state index is 6.24. The molecule has 0 aromatic heterocycles. The molecule has 2 heteroatoms. The largest absolute Gasteiger partial charge is 0.372 e. The van der Waals surface area contributed by atoms with Crippen LogP contribution in [0.4, 0.5) is 0 Å². The lowest BCUT2D eigenvalue weighted by Crippen LogP contribution is -2.11. The molecule has 0 N–H and O–H groups in total. The second-order valence-corrected chi connectivity index (χ2v) is 4.09. The highest BCUT2D eigenvalue weighted by atomic mass is 35.5. The Kier molecular flexibility index (Phi) is 2.56. The minimum atomic E-state index is 0.0814. The van der Waals surface area contributed by atoms with Gasteiger partial charge in [-0.1, -0.05) is 37.3 Å². The van der Waals surface area contributed by atoms with Crippen molar-refractivity contribution in [1.29, 1.82) is 0 Å². The van der Waals surface area contributed by atoms with Crippen molar-refractivity contribution < 1.29 is 4.74 Å². The topological polar surface area (TPSA) is 9.23 Å². The average molecular weight is 197 g/mol. The van der Waals surface area contributed by atoms with Gasteiger partial charge >= 0.3 is 0 Å². The fraction of sp³-hybridized carbons (Fsp3) is 0.455. The van der Waals surface area contributed by atoms with Crippen LogP contribution in [0, 0.1) is 5.92 Å². The zero-order valence-electron chi connectivity index (χ0n) is 7.61. The fourth-order valence-corrected chi connectivity index (χ4v) is 1.95. The molecule has 1 aromatic carbocycles. The maximum atomic E-state index is 6.24. The monoisotopic (exact) mass is 196 g/mol. The van der Waals surface area contributed by atoms with Crippen molar-refractivity contribution in [2.24, 2.45) is 5.92 Å². The Labute approximate surface area is 83.7 Å². The molecule has 70 valence electrons. The van der Waals surface area contributed by atoms with Gasteiger partial charge < -0.3 is 4.74 Å². The molecule has 1 aromatic rings. The Morgan fingerprint density at radius 2 is 2.00 bits per heavy atom. The van der Waals surface area contributed by atoms with Crippen LogP contribution < -0.4 is 0 Å². The minimum absolute atomic E-state index is 0.0814. The van der Waals surface area contributed by atoms with Gasteiger partial charge in [-0.2, -0.15) is 0 Å². The van der Waals surface area contributed by atoms with Gasteiger partial charge in [0.1, 0.15) is 0 Å². The average Bonchev–Trinajstić information content (AvgIpc) is 2.49. The van der Waals surface area contributed by atoms with Crippen LogP contribution in [0.2, 0.25) is 0 Å². The van der Waals surface area contributed by atoms with E-state index in [0.29, 0.717) is 5.92 Å². The first kappa shape index (κ1) is 9.04. The molecule has 3 atom stereocenters. The maximum Gasteiger partial charge on any atom is 0.0991 e. The quantitative estimate of drug-likeness (QED) is 0.628. The molecule has 3 unspecified atom stereocenters. The molecule has 2 rings (SSSR count). The van der Waals surface area contributed by atoms with Crippen LogP contribution in [0.25, 0.3) is 0 Å². The molecule has 0 bridgehead atoms. The zero-order chi connectivity index (χ0) is 9.26. The van der Waals surface area contributed by atoms with E-state index in [-0.39, 0.29) is 11.5 Å². The molecule has 13 heavy (non-hydrogen) atoms. The predicted molar refractivity (Wildman–Crippen MR) is 53.9 cm³/mol. The summed E-state index contributed by atoms with van der Waals surface area (Å²) in [5.41, 5.74) is 1.19. The van der Waals surface area contributed by atoms with Crippen molar-refractivity contribution in [3.8, 4) is 0 Å². The minimum Gasteiger partial charge on any atom is -0.372 e. The molecule has 1 aliphatic heterocycles. The van der Waals surface area contributed by atoms with E-state index in [4.69, 9.17) is 16.3 Å². The number of benzene rings is 1. The third-order valence-electron chi connectivity index (χ3n) is 2.50. The summed E-state index contributed by atoms with van der Waals surface area (Å²) in [6.07, 6.45) is 0.0814. The van der Waals surface area contributed by atoms with Crippen molar-refractivity contribution in [2.75, 3.05) is 6.61 Å². The highest BCUT2D eigenvalue weighted by Gasteiger charge is 2.33. The van der Waals surface area contributed by atoms with Gasteiger partial charge in [-0.15, -0.1) is 11.6 Å². The van der Waals surface area contributed by atoms with E-state index in [9.17, 15) is 0 Å². The van der Waals surface area contributed by atoms with Gasteiger partial charge in [-0.25, -0.2) is 0 Å². The van der Waals surface area contributed by atoms with Gasteiger partial charge in [0, 0.05) is 0 Å². The first-order valence-corrected chi connectivity index (χ1v) is 5.03. The Morgan fingerprint density at radius 1 is 1.31 bits per heavy atom. The summed E-state index contributed by atoms with van der Waals surface area (Å²) in [4.78, 5) is 0. The molecule has 1 saturated heterocycles. The van der Waals surface area contributed by atoms with Gasteiger partial charge in [-0.05, 0) is 11.5 Å². The van der Waals surface area contributed by atoms with Crippen LogP contribution in [-0.2, 0) is 4.74 Å². The number of halogens is 1. The highest BCUT2D eigenvalue weighted by molar-refractivity contribution is 6.21. The van der Waals surface area contributed by atoms with Crippen molar-refractivity contribution >= 4 is 11.6 Å². The van der Waals surface area contributed by atoms with E-state index in [1.807, 2.05) is 18.2 Å². The summed E-state index contributed by atoms with van der Waals surface area (Å²) >= 11 is 6.24. The number of hydrogen-bond donors (Lipinski definition) is 0. The highest BCUT2D eigenvalue weighted by Crippen LogP contribution is 2.36. The summed E-state index contributed by atoms with van der Waals surface area (Å²) < 4.78 is 5.63. The van der Waals surface area contributed by atoms with Crippen molar-refractivity contribution in [2.45, 2.75) is 18.4 Å². The van der Waals surface area contributed by atoms with Crippen LogP contribution in [0.15, 0.2) is 30.3 Å². The molecule has 0 aliphatic carbocycles. The van der Waals surface area contributed by atoms with E-state index in [1.165, 1.54) is 5.56 Å². The molecule has 0 amide bonds. The summed E-state index contributed by atoms with van der Waals surface area (Å²) in [6.45, 7) is 2.90. The predicted octanol–water partition coefficient (Wildman–Crippen LogP) is 3.00. The van der Waals surface area contributed by atoms with Gasteiger partial charge in [-0.3, -0.25) is 0 Å². The Hall–Kier alpha value is -0.530. The van der Waals surface area contributed by atoms with E-state index in [0.717, 1.165) is 6.61 Å². The Bertz CT molecular complexity index is 273. The van der Waals surface area contributed by atoms with Crippen molar-refractivity contribution in [1.82, 2.24) is 0 Å². The lowest BCUT2D eigenvalue weighted by atomic mass is 10.0. The Morgan fingerprint density at radius 3 is 2.54 bits per heavy atom. The molecule has 1 aliphatic rings. The van der Waals surface area contributed by atoms with E-state index >= 15 is 0 Å². The molecular formula is C11H13ClO. The first-order valence-electron chi connectivity index (χ1n) is 4.59. The Balaban J connectivity index is 2.19. The normalized spacial score (nSPS) is 33.5. The summed E-state index contributed by atoms with van der Waals surface area (Å²) in [6, 6.07) is 10.2. The number of alkyl halides is 1. The van der Waals surface area contributed by atoms with Crippen molar-refractivity contribution in [3.05, 3.63) is 35.9 Å².